The quantitative estimate of drug-likeness (QED) is 0.0582. The van der Waals surface area contributed by atoms with E-state index >= 15 is 9.59 Å². The number of hydrogen-bond acceptors (Lipinski definition) is 8. The van der Waals surface area contributed by atoms with Gasteiger partial charge in [0.1, 0.15) is 29.1 Å². The molecular formula is C49H45F3N2O8. The van der Waals surface area contributed by atoms with Crippen LogP contribution in [0.15, 0.2) is 138 Å². The zero-order valence-corrected chi connectivity index (χ0v) is 34.1. The average Bonchev–Trinajstić information content (AvgIpc) is 3.87. The lowest BCUT2D eigenvalue weighted by Gasteiger charge is -2.39. The summed E-state index contributed by atoms with van der Waals surface area (Å²) < 4.78 is 64.8. The Bertz CT molecular complexity index is 2570. The summed E-state index contributed by atoms with van der Waals surface area (Å²) in [5.74, 6) is -0.0678. The van der Waals surface area contributed by atoms with Crippen LogP contribution in [-0.4, -0.2) is 60.3 Å². The number of esters is 1. The molecular weight excluding hydrogens is 802 g/mol. The molecule has 0 fully saturated rings. The van der Waals surface area contributed by atoms with Crippen molar-refractivity contribution in [2.45, 2.75) is 57.1 Å². The number of carbonyl (C=O) groups is 3. The number of carbonyl (C=O) groups excluding carboxylic acids is 3. The van der Waals surface area contributed by atoms with E-state index in [2.05, 4.69) is 6.58 Å². The monoisotopic (exact) mass is 846 g/mol. The zero-order valence-electron chi connectivity index (χ0n) is 34.1. The van der Waals surface area contributed by atoms with E-state index in [4.69, 9.17) is 18.6 Å². The van der Waals surface area contributed by atoms with Crippen LogP contribution in [0.5, 0.6) is 11.5 Å². The Kier molecular flexibility index (Phi) is 13.1. The molecule has 62 heavy (non-hydrogen) atoms. The highest BCUT2D eigenvalue weighted by atomic mass is 19.4. The third-order valence-corrected chi connectivity index (χ3v) is 10.7. The molecule has 10 nitrogen and oxygen atoms in total. The summed E-state index contributed by atoms with van der Waals surface area (Å²) in [4.78, 5) is 46.2. The van der Waals surface area contributed by atoms with Crippen molar-refractivity contribution in [3.63, 3.8) is 0 Å². The molecule has 2 amide bonds. The number of benzene rings is 5. The smallest absolute Gasteiger partial charge is 0.416 e. The first-order valence-corrected chi connectivity index (χ1v) is 20.0. The van der Waals surface area contributed by atoms with Crippen LogP contribution in [0.3, 0.4) is 0 Å². The minimum atomic E-state index is -4.58. The molecule has 0 spiro atoms. The van der Waals surface area contributed by atoms with Gasteiger partial charge in [-0.2, -0.15) is 13.2 Å². The summed E-state index contributed by atoms with van der Waals surface area (Å²) >= 11 is 0. The maximum absolute atomic E-state index is 15.1. The minimum absolute atomic E-state index is 0.0943. The molecule has 0 saturated carbocycles. The van der Waals surface area contributed by atoms with Gasteiger partial charge in [0.05, 0.1) is 50.0 Å². The van der Waals surface area contributed by atoms with Gasteiger partial charge in [0.25, 0.3) is 5.91 Å². The first kappa shape index (κ1) is 43.2. The number of alkyl halides is 3. The molecule has 1 aliphatic heterocycles. The van der Waals surface area contributed by atoms with Gasteiger partial charge in [0, 0.05) is 43.1 Å². The minimum Gasteiger partial charge on any atom is -0.497 e. The van der Waals surface area contributed by atoms with Gasteiger partial charge in [-0.3, -0.25) is 19.3 Å². The number of halogens is 3. The highest BCUT2D eigenvalue weighted by molar-refractivity contribution is 6.10. The summed E-state index contributed by atoms with van der Waals surface area (Å²) in [5.41, 5.74) is 1.26. The van der Waals surface area contributed by atoms with Gasteiger partial charge in [-0.05, 0) is 83.1 Å². The number of rotatable bonds is 16. The molecule has 1 aliphatic rings. The van der Waals surface area contributed by atoms with Crippen LogP contribution in [-0.2, 0) is 33.5 Å². The summed E-state index contributed by atoms with van der Waals surface area (Å²) in [6.07, 6.45) is -3.71. The van der Waals surface area contributed by atoms with Crippen molar-refractivity contribution in [3.8, 4) is 22.8 Å². The van der Waals surface area contributed by atoms with Crippen molar-refractivity contribution < 1.29 is 51.3 Å². The number of furan rings is 1. The van der Waals surface area contributed by atoms with E-state index in [1.165, 1.54) is 26.2 Å². The normalized spacial score (nSPS) is 15.2. The van der Waals surface area contributed by atoms with Crippen LogP contribution < -0.4 is 14.4 Å². The number of hydrogen-bond donors (Lipinski definition) is 1. The highest BCUT2D eigenvalue weighted by Crippen LogP contribution is 2.48. The molecule has 6 aromatic rings. The first-order chi connectivity index (χ1) is 29.9. The van der Waals surface area contributed by atoms with Crippen molar-refractivity contribution >= 4 is 34.2 Å². The zero-order chi connectivity index (χ0) is 44.0. The summed E-state index contributed by atoms with van der Waals surface area (Å²) in [6, 6.07) is 30.9. The number of aliphatic hydroxyl groups is 1. The lowest BCUT2D eigenvalue weighted by atomic mass is 9.93. The second-order valence-corrected chi connectivity index (χ2v) is 14.9. The van der Waals surface area contributed by atoms with Crippen LogP contribution >= 0.6 is 0 Å². The Labute approximate surface area is 356 Å². The standard InChI is InChI=1S/C49H45F3N2O8/c1-4-9-44(61-31(2)56)47-46(41-29-39(60-25-8-24-55)20-22-42(41)54(47)48(58)36-17-16-33-10-5-6-11-34(33)27-36)53(45(57)26-32-14-18-38(59-3)19-15-32)30-40-21-23-43(62-40)35-12-7-13-37(28-35)49(50,51)52/h4-7,10-23,27-29,44,46-47,55H,1,8-9,24-26,30H2,2-3H3/t44?,46-,47+/m0/s1. The van der Waals surface area contributed by atoms with Gasteiger partial charge in [0.2, 0.25) is 5.91 Å². The van der Waals surface area contributed by atoms with E-state index in [-0.39, 0.29) is 49.7 Å². The fourth-order valence-corrected chi connectivity index (χ4v) is 7.88. The van der Waals surface area contributed by atoms with Crippen molar-refractivity contribution in [2.24, 2.45) is 0 Å². The predicted octanol–water partition coefficient (Wildman–Crippen LogP) is 9.74. The average molecular weight is 847 g/mol. The summed E-state index contributed by atoms with van der Waals surface area (Å²) in [5, 5.41) is 11.2. The Morgan fingerprint density at radius 2 is 1.66 bits per heavy atom. The van der Waals surface area contributed by atoms with Gasteiger partial charge < -0.3 is 28.6 Å². The summed E-state index contributed by atoms with van der Waals surface area (Å²) in [7, 11) is 1.53. The lowest BCUT2D eigenvalue weighted by Crippen LogP contribution is -2.53. The largest absolute Gasteiger partial charge is 0.497 e. The number of aliphatic hydroxyl groups excluding tert-OH is 1. The second kappa shape index (κ2) is 18.8. The Balaban J connectivity index is 1.40. The number of anilines is 1. The molecule has 1 aromatic heterocycles. The number of amides is 2. The fraction of sp³-hybridized carbons (Fsp3) is 0.245. The van der Waals surface area contributed by atoms with Crippen molar-refractivity contribution in [1.82, 2.24) is 4.90 Å². The SMILES string of the molecule is C=CCC(OC(C)=O)[C@@H]1[C@@H](N(Cc2ccc(-c3cccc(C(F)(F)F)c3)o2)C(=O)Cc2ccc(OC)cc2)c2cc(OCCCO)ccc2N1C(=O)c1ccc2ccccc2c1. The third-order valence-electron chi connectivity index (χ3n) is 10.7. The van der Waals surface area contributed by atoms with E-state index < -0.39 is 47.7 Å². The van der Waals surface area contributed by atoms with Crippen molar-refractivity contribution in [3.05, 3.63) is 162 Å². The van der Waals surface area contributed by atoms with Crippen LogP contribution in [0.1, 0.15) is 58.6 Å². The van der Waals surface area contributed by atoms with Gasteiger partial charge in [0.15, 0.2) is 0 Å². The molecule has 7 rings (SSSR count). The predicted molar refractivity (Wildman–Crippen MR) is 228 cm³/mol. The molecule has 1 N–H and O–H groups in total. The highest BCUT2D eigenvalue weighted by Gasteiger charge is 2.51. The van der Waals surface area contributed by atoms with Crippen LogP contribution in [0, 0.1) is 0 Å². The number of ether oxygens (including phenoxy) is 3. The van der Waals surface area contributed by atoms with Gasteiger partial charge in [-0.25, -0.2) is 0 Å². The molecule has 5 aromatic carbocycles. The molecule has 2 heterocycles. The van der Waals surface area contributed by atoms with Gasteiger partial charge in [-0.1, -0.05) is 60.7 Å². The molecule has 0 radical (unpaired) electrons. The maximum Gasteiger partial charge on any atom is 0.416 e. The third kappa shape index (κ3) is 9.53. The topological polar surface area (TPSA) is 119 Å². The second-order valence-electron chi connectivity index (χ2n) is 14.9. The van der Waals surface area contributed by atoms with E-state index in [0.717, 1.165) is 22.9 Å². The van der Waals surface area contributed by atoms with Gasteiger partial charge in [-0.15, -0.1) is 6.58 Å². The van der Waals surface area contributed by atoms with Crippen LogP contribution in [0.4, 0.5) is 18.9 Å². The number of fused-ring (bicyclic) bond motifs is 2. The van der Waals surface area contributed by atoms with E-state index in [1.54, 1.807) is 82.6 Å². The Morgan fingerprint density at radius 1 is 0.903 bits per heavy atom. The lowest BCUT2D eigenvalue weighted by molar-refractivity contribution is -0.148. The fourth-order valence-electron chi connectivity index (χ4n) is 7.88. The van der Waals surface area contributed by atoms with Gasteiger partial charge >= 0.3 is 12.1 Å². The molecule has 0 saturated heterocycles. The van der Waals surface area contributed by atoms with Crippen molar-refractivity contribution in [1.29, 1.82) is 0 Å². The number of nitrogens with zero attached hydrogens (tertiary/aromatic N) is 2. The molecule has 0 aliphatic carbocycles. The molecule has 320 valence electrons. The van der Waals surface area contributed by atoms with E-state index in [1.807, 2.05) is 30.3 Å². The first-order valence-electron chi connectivity index (χ1n) is 20.0. The molecule has 1 unspecified atom stereocenters. The molecule has 13 heteroatoms. The van der Waals surface area contributed by atoms with Crippen molar-refractivity contribution in [2.75, 3.05) is 25.2 Å². The molecule has 0 bridgehead atoms. The van der Waals surface area contributed by atoms with E-state index in [0.29, 0.717) is 40.3 Å². The molecule has 3 atom stereocenters. The summed E-state index contributed by atoms with van der Waals surface area (Å²) in [6.45, 7) is 5.07. The Morgan fingerprint density at radius 3 is 2.37 bits per heavy atom. The Hall–Kier alpha value is -6.86. The van der Waals surface area contributed by atoms with Crippen LogP contribution in [0.25, 0.3) is 22.1 Å². The number of methoxy groups -OCH3 is 1. The maximum atomic E-state index is 15.1. The van der Waals surface area contributed by atoms with Crippen LogP contribution in [0.2, 0.25) is 0 Å². The van der Waals surface area contributed by atoms with E-state index in [9.17, 15) is 23.1 Å².